The average Bonchev–Trinajstić information content (AvgIpc) is 2.95. The van der Waals surface area contributed by atoms with Gasteiger partial charge in [0.15, 0.2) is 11.5 Å². The predicted octanol–water partition coefficient (Wildman–Crippen LogP) is 2.43. The molecule has 4 N–H and O–H groups in total. The number of sulfonamides is 1. The third-order valence-corrected chi connectivity index (χ3v) is 7.28. The monoisotopic (exact) mass is 565 g/mol. The van der Waals surface area contributed by atoms with Gasteiger partial charge in [-0.1, -0.05) is 24.3 Å². The summed E-state index contributed by atoms with van der Waals surface area (Å²) in [5.74, 6) is -0.204. The van der Waals surface area contributed by atoms with Crippen LogP contribution >= 0.6 is 0 Å². The minimum Gasteiger partial charge on any atom is -0.493 e. The number of nitrogens with one attached hydrogen (secondary N) is 3. The zero-order valence-corrected chi connectivity index (χ0v) is 22.4. The Kier molecular flexibility index (Phi) is 8.76. The van der Waals surface area contributed by atoms with Crippen LogP contribution in [0.3, 0.4) is 0 Å². The molecule has 0 aliphatic carbocycles. The highest BCUT2D eigenvalue weighted by Gasteiger charge is 2.27. The lowest BCUT2D eigenvalue weighted by molar-refractivity contribution is -0.139. The lowest BCUT2D eigenvalue weighted by Gasteiger charge is -2.16. The van der Waals surface area contributed by atoms with Crippen LogP contribution in [0, 0.1) is 0 Å². The van der Waals surface area contributed by atoms with Gasteiger partial charge in [0, 0.05) is 25.2 Å². The molecule has 0 spiro atoms. The summed E-state index contributed by atoms with van der Waals surface area (Å²) >= 11 is 0. The van der Waals surface area contributed by atoms with Crippen molar-refractivity contribution in [1.29, 1.82) is 0 Å². The van der Waals surface area contributed by atoms with Crippen molar-refractivity contribution >= 4 is 38.8 Å². The number of aromatic nitrogens is 3. The van der Waals surface area contributed by atoms with Gasteiger partial charge in [-0.05, 0) is 42.0 Å². The average molecular weight is 566 g/mol. The van der Waals surface area contributed by atoms with E-state index >= 15 is 0 Å². The first-order valence-corrected chi connectivity index (χ1v) is 13.5. The van der Waals surface area contributed by atoms with Gasteiger partial charge >= 0.3 is 5.97 Å². The summed E-state index contributed by atoms with van der Waals surface area (Å²) in [4.78, 5) is 35.6. The molecule has 0 amide bonds. The van der Waals surface area contributed by atoms with Gasteiger partial charge in [-0.3, -0.25) is 9.59 Å². The number of anilines is 1. The number of carboxylic acid groups (broad SMARTS) is 1. The zero-order chi connectivity index (χ0) is 28.7. The minimum atomic E-state index is -4.27. The van der Waals surface area contributed by atoms with Crippen LogP contribution in [0.25, 0.3) is 17.0 Å². The quantitative estimate of drug-likeness (QED) is 0.200. The smallest absolute Gasteiger partial charge is 0.322 e. The summed E-state index contributed by atoms with van der Waals surface area (Å²) < 4.78 is 38.3. The van der Waals surface area contributed by atoms with Crippen molar-refractivity contribution in [3.63, 3.8) is 0 Å². The fourth-order valence-electron chi connectivity index (χ4n) is 3.84. The summed E-state index contributed by atoms with van der Waals surface area (Å²) in [5, 5.41) is 13.2. The van der Waals surface area contributed by atoms with Crippen molar-refractivity contribution in [2.45, 2.75) is 17.4 Å². The highest BCUT2D eigenvalue weighted by Crippen LogP contribution is 2.29. The number of aromatic amines is 1. The second kappa shape index (κ2) is 12.4. The van der Waals surface area contributed by atoms with Crippen LogP contribution in [0.15, 0.2) is 76.6 Å². The van der Waals surface area contributed by atoms with Crippen LogP contribution < -0.4 is 25.1 Å². The molecule has 0 unspecified atom stereocenters. The SMILES string of the molecule is COc1ccc(S(=O)(=O)N[C@@H](Cc2nc3ccc(C=CCNc4ccccn4)cc3c(=O)[nH]2)C(=O)O)cc1OC. The highest BCUT2D eigenvalue weighted by molar-refractivity contribution is 7.89. The number of hydrogen-bond acceptors (Lipinski definition) is 9. The lowest BCUT2D eigenvalue weighted by atomic mass is 10.1. The van der Waals surface area contributed by atoms with Crippen LogP contribution in [0.2, 0.25) is 0 Å². The zero-order valence-electron chi connectivity index (χ0n) is 21.6. The number of nitrogens with zero attached hydrogens (tertiary/aromatic N) is 2. The van der Waals surface area contributed by atoms with Crippen LogP contribution in [-0.4, -0.2) is 61.3 Å². The number of pyridine rings is 1. The molecule has 0 bridgehead atoms. The largest absolute Gasteiger partial charge is 0.493 e. The Morgan fingerprint density at radius 2 is 1.90 bits per heavy atom. The Morgan fingerprint density at radius 3 is 2.60 bits per heavy atom. The van der Waals surface area contributed by atoms with Gasteiger partial charge in [-0.25, -0.2) is 18.4 Å². The van der Waals surface area contributed by atoms with E-state index in [1.54, 1.807) is 24.4 Å². The molecule has 0 aliphatic rings. The fraction of sp³-hybridized carbons (Fsp3) is 0.185. The molecule has 2 aromatic carbocycles. The van der Waals surface area contributed by atoms with E-state index in [4.69, 9.17) is 9.47 Å². The first kappa shape index (κ1) is 28.3. The van der Waals surface area contributed by atoms with Gasteiger partial charge in [0.2, 0.25) is 10.0 Å². The van der Waals surface area contributed by atoms with Gasteiger partial charge < -0.3 is 24.9 Å². The van der Waals surface area contributed by atoms with E-state index in [2.05, 4.69) is 25.0 Å². The number of fused-ring (bicyclic) bond motifs is 1. The number of H-pyrrole nitrogens is 1. The number of ether oxygens (including phenoxy) is 2. The Bertz CT molecular complexity index is 1710. The Hall–Kier alpha value is -4.75. The van der Waals surface area contributed by atoms with E-state index in [0.29, 0.717) is 23.2 Å². The van der Waals surface area contributed by atoms with Crippen molar-refractivity contribution in [2.24, 2.45) is 0 Å². The minimum absolute atomic E-state index is 0.0164. The molecule has 0 saturated heterocycles. The second-order valence-electron chi connectivity index (χ2n) is 8.52. The van der Waals surface area contributed by atoms with Crippen LogP contribution in [-0.2, 0) is 21.2 Å². The van der Waals surface area contributed by atoms with Gasteiger partial charge in [-0.2, -0.15) is 4.72 Å². The summed E-state index contributed by atoms with van der Waals surface area (Å²) in [6.07, 6.45) is 5.02. The summed E-state index contributed by atoms with van der Waals surface area (Å²) in [6.45, 7) is 0.526. The molecule has 0 radical (unpaired) electrons. The molecular formula is C27H27N5O7S. The maximum Gasteiger partial charge on any atom is 0.322 e. The molecular weight excluding hydrogens is 538 g/mol. The Balaban J connectivity index is 1.50. The van der Waals surface area contributed by atoms with E-state index in [0.717, 1.165) is 11.4 Å². The van der Waals surface area contributed by atoms with Crippen molar-refractivity contribution < 1.29 is 27.8 Å². The third kappa shape index (κ3) is 6.81. The maximum atomic E-state index is 12.9. The van der Waals surface area contributed by atoms with Crippen molar-refractivity contribution in [1.82, 2.24) is 19.7 Å². The molecule has 4 aromatic rings. The summed E-state index contributed by atoms with van der Waals surface area (Å²) in [6, 6.07) is 12.9. The number of rotatable bonds is 12. The van der Waals surface area contributed by atoms with E-state index in [1.807, 2.05) is 30.4 Å². The number of hydrogen-bond donors (Lipinski definition) is 4. The lowest BCUT2D eigenvalue weighted by Crippen LogP contribution is -2.42. The molecule has 4 rings (SSSR count). The first-order valence-electron chi connectivity index (χ1n) is 12.0. The molecule has 1 atom stereocenters. The topological polar surface area (TPSA) is 173 Å². The van der Waals surface area contributed by atoms with Crippen molar-refractivity contribution in [3.8, 4) is 11.5 Å². The standard InChI is InChI=1S/C27H27N5O7S/c1-38-22-11-9-18(15-23(22)39-2)40(36,37)32-21(27(34)35)16-25-30-20-10-8-17(14-19(20)26(33)31-25)6-5-13-29-24-7-3-4-12-28-24/h3-12,14-15,21,32H,13,16H2,1-2H3,(H,28,29)(H,34,35)(H,30,31,33)/t21-/m0/s1. The van der Waals surface area contributed by atoms with Crippen LogP contribution in [0.4, 0.5) is 5.82 Å². The van der Waals surface area contributed by atoms with Crippen LogP contribution in [0.1, 0.15) is 11.4 Å². The fourth-order valence-corrected chi connectivity index (χ4v) is 5.05. The van der Waals surface area contributed by atoms with E-state index in [9.17, 15) is 23.1 Å². The van der Waals surface area contributed by atoms with E-state index in [1.165, 1.54) is 32.4 Å². The predicted molar refractivity (Wildman–Crippen MR) is 149 cm³/mol. The van der Waals surface area contributed by atoms with Crippen LogP contribution in [0.5, 0.6) is 11.5 Å². The molecule has 40 heavy (non-hydrogen) atoms. The molecule has 208 valence electrons. The summed E-state index contributed by atoms with van der Waals surface area (Å²) in [5.41, 5.74) is 0.629. The normalized spacial score (nSPS) is 12.3. The Labute approximate surface area is 229 Å². The molecule has 2 aromatic heterocycles. The van der Waals surface area contributed by atoms with E-state index < -0.39 is 34.0 Å². The van der Waals surface area contributed by atoms with Crippen molar-refractivity contribution in [2.75, 3.05) is 26.1 Å². The van der Waals surface area contributed by atoms with Gasteiger partial charge in [0.05, 0.1) is 30.0 Å². The molecule has 13 heteroatoms. The van der Waals surface area contributed by atoms with Gasteiger partial charge in [0.25, 0.3) is 5.56 Å². The number of carbonyl (C=O) groups is 1. The van der Waals surface area contributed by atoms with Gasteiger partial charge in [0.1, 0.15) is 17.7 Å². The van der Waals surface area contributed by atoms with E-state index in [-0.39, 0.29) is 16.5 Å². The molecule has 2 heterocycles. The third-order valence-electron chi connectivity index (χ3n) is 5.81. The molecule has 0 saturated carbocycles. The molecule has 0 fully saturated rings. The molecule has 0 aliphatic heterocycles. The second-order valence-corrected chi connectivity index (χ2v) is 10.2. The number of carboxylic acids is 1. The number of benzene rings is 2. The van der Waals surface area contributed by atoms with Crippen molar-refractivity contribution in [3.05, 3.63) is 88.6 Å². The highest BCUT2D eigenvalue weighted by atomic mass is 32.2. The number of aliphatic carboxylic acids is 1. The first-order chi connectivity index (χ1) is 19.2. The number of methoxy groups -OCH3 is 2. The molecule has 12 nitrogen and oxygen atoms in total. The van der Waals surface area contributed by atoms with Gasteiger partial charge in [-0.15, -0.1) is 0 Å². The maximum absolute atomic E-state index is 12.9. The Morgan fingerprint density at radius 1 is 1.10 bits per heavy atom. The summed E-state index contributed by atoms with van der Waals surface area (Å²) in [7, 11) is -1.52.